The van der Waals surface area contributed by atoms with Gasteiger partial charge in [0.05, 0.1) is 4.92 Å². The van der Waals surface area contributed by atoms with E-state index in [4.69, 9.17) is 5.11 Å². The zero-order valence-corrected chi connectivity index (χ0v) is 8.27. The smallest absolute Gasteiger partial charge is 0.303 e. The summed E-state index contributed by atoms with van der Waals surface area (Å²) in [7, 11) is 0. The van der Waals surface area contributed by atoms with Crippen molar-refractivity contribution in [2.75, 3.05) is 0 Å². The molecule has 1 rings (SSSR count). The minimum Gasteiger partial charge on any atom is -0.481 e. The number of benzene rings is 1. The summed E-state index contributed by atoms with van der Waals surface area (Å²) in [5, 5.41) is 19.2. The van der Waals surface area contributed by atoms with Crippen LogP contribution in [0.2, 0.25) is 0 Å². The summed E-state index contributed by atoms with van der Waals surface area (Å²) in [6.45, 7) is 1.76. The molecule has 0 atom stereocenters. The van der Waals surface area contributed by atoms with Gasteiger partial charge in [-0.05, 0) is 18.9 Å². The summed E-state index contributed by atoms with van der Waals surface area (Å²) in [6.07, 6.45) is 0.0931. The van der Waals surface area contributed by atoms with Crippen molar-refractivity contribution in [2.24, 2.45) is 0 Å². The van der Waals surface area contributed by atoms with Crippen molar-refractivity contribution < 1.29 is 14.8 Å². The van der Waals surface area contributed by atoms with Crippen LogP contribution in [0, 0.1) is 17.0 Å². The SMILES string of the molecule is Cc1ccc(CCC(=O)O)c([N+](=O)[O-])c1. The van der Waals surface area contributed by atoms with Gasteiger partial charge in [0.1, 0.15) is 0 Å². The lowest BCUT2D eigenvalue weighted by Gasteiger charge is -2.01. The minimum atomic E-state index is -0.954. The molecule has 0 radical (unpaired) electrons. The van der Waals surface area contributed by atoms with Crippen molar-refractivity contribution in [1.29, 1.82) is 0 Å². The van der Waals surface area contributed by atoms with Crippen LogP contribution in [0.5, 0.6) is 0 Å². The van der Waals surface area contributed by atoms with Crippen LogP contribution >= 0.6 is 0 Å². The Morgan fingerprint density at radius 1 is 1.53 bits per heavy atom. The fourth-order valence-electron chi connectivity index (χ4n) is 1.30. The first kappa shape index (κ1) is 11.2. The molecule has 0 fully saturated rings. The number of nitro benzene ring substituents is 1. The molecule has 0 heterocycles. The van der Waals surface area contributed by atoms with E-state index in [-0.39, 0.29) is 18.5 Å². The van der Waals surface area contributed by atoms with E-state index < -0.39 is 10.9 Å². The van der Waals surface area contributed by atoms with Gasteiger partial charge >= 0.3 is 5.97 Å². The zero-order chi connectivity index (χ0) is 11.4. The third-order valence-electron chi connectivity index (χ3n) is 2.05. The Balaban J connectivity index is 2.95. The molecular formula is C10H11NO4. The maximum Gasteiger partial charge on any atom is 0.303 e. The highest BCUT2D eigenvalue weighted by Crippen LogP contribution is 2.21. The molecule has 0 aromatic heterocycles. The molecule has 80 valence electrons. The highest BCUT2D eigenvalue weighted by Gasteiger charge is 2.14. The van der Waals surface area contributed by atoms with Crippen molar-refractivity contribution >= 4 is 11.7 Å². The largest absolute Gasteiger partial charge is 0.481 e. The highest BCUT2D eigenvalue weighted by atomic mass is 16.6. The molecule has 0 saturated heterocycles. The number of carboxylic acids is 1. The lowest BCUT2D eigenvalue weighted by Crippen LogP contribution is -2.01. The van der Waals surface area contributed by atoms with E-state index in [9.17, 15) is 14.9 Å². The number of nitrogens with zero attached hydrogens (tertiary/aromatic N) is 1. The van der Waals surface area contributed by atoms with Gasteiger partial charge in [-0.1, -0.05) is 12.1 Å². The van der Waals surface area contributed by atoms with Gasteiger partial charge in [0.2, 0.25) is 0 Å². The maximum atomic E-state index is 10.7. The molecule has 1 aromatic rings. The summed E-state index contributed by atoms with van der Waals surface area (Å²) in [6, 6.07) is 4.80. The van der Waals surface area contributed by atoms with Gasteiger partial charge in [-0.25, -0.2) is 0 Å². The Morgan fingerprint density at radius 2 is 2.20 bits per heavy atom. The average Bonchev–Trinajstić information content (AvgIpc) is 2.15. The zero-order valence-electron chi connectivity index (χ0n) is 8.27. The molecular weight excluding hydrogens is 198 g/mol. The molecule has 0 bridgehead atoms. The van der Waals surface area contributed by atoms with Gasteiger partial charge in [0.25, 0.3) is 5.69 Å². The first-order valence-electron chi connectivity index (χ1n) is 4.46. The molecule has 15 heavy (non-hydrogen) atoms. The van der Waals surface area contributed by atoms with Crippen molar-refractivity contribution in [3.05, 3.63) is 39.4 Å². The Morgan fingerprint density at radius 3 is 2.73 bits per heavy atom. The quantitative estimate of drug-likeness (QED) is 0.606. The molecule has 1 aromatic carbocycles. The summed E-state index contributed by atoms with van der Waals surface area (Å²) in [4.78, 5) is 20.5. The van der Waals surface area contributed by atoms with Gasteiger partial charge in [0.15, 0.2) is 0 Å². The van der Waals surface area contributed by atoms with E-state index in [0.29, 0.717) is 5.56 Å². The van der Waals surface area contributed by atoms with Gasteiger partial charge < -0.3 is 5.11 Å². The molecule has 5 heteroatoms. The minimum absolute atomic E-state index is 0.00347. The number of rotatable bonds is 4. The van der Waals surface area contributed by atoms with Gasteiger partial charge in [-0.3, -0.25) is 14.9 Å². The predicted molar refractivity (Wildman–Crippen MR) is 53.8 cm³/mol. The Hall–Kier alpha value is -1.91. The van der Waals surface area contributed by atoms with Crippen LogP contribution < -0.4 is 0 Å². The van der Waals surface area contributed by atoms with Crippen LogP contribution in [0.3, 0.4) is 0 Å². The van der Waals surface area contributed by atoms with E-state index in [1.54, 1.807) is 19.1 Å². The molecule has 0 saturated carbocycles. The third kappa shape index (κ3) is 3.05. The summed E-state index contributed by atoms with van der Waals surface area (Å²) in [5.74, 6) is -0.954. The fourth-order valence-corrected chi connectivity index (χ4v) is 1.30. The summed E-state index contributed by atoms with van der Waals surface area (Å²) < 4.78 is 0. The van der Waals surface area contributed by atoms with Crippen LogP contribution in [0.4, 0.5) is 5.69 Å². The lowest BCUT2D eigenvalue weighted by molar-refractivity contribution is -0.385. The standard InChI is InChI=1S/C10H11NO4/c1-7-2-3-8(4-5-10(12)13)9(6-7)11(14)15/h2-3,6H,4-5H2,1H3,(H,12,13). The molecule has 0 amide bonds. The second-order valence-electron chi connectivity index (χ2n) is 3.28. The molecule has 5 nitrogen and oxygen atoms in total. The van der Waals surface area contributed by atoms with E-state index in [1.165, 1.54) is 6.07 Å². The fraction of sp³-hybridized carbons (Fsp3) is 0.300. The normalized spacial score (nSPS) is 9.93. The van der Waals surface area contributed by atoms with Crippen LogP contribution in [0.1, 0.15) is 17.5 Å². The summed E-state index contributed by atoms with van der Waals surface area (Å²) in [5.41, 5.74) is 1.25. The molecule has 1 N–H and O–H groups in total. The molecule has 0 spiro atoms. The number of hydrogen-bond donors (Lipinski definition) is 1. The van der Waals surface area contributed by atoms with E-state index >= 15 is 0 Å². The van der Waals surface area contributed by atoms with Crippen molar-refractivity contribution in [3.8, 4) is 0 Å². The molecule has 0 aliphatic carbocycles. The number of aliphatic carboxylic acids is 1. The Labute approximate surface area is 86.5 Å². The second kappa shape index (κ2) is 4.54. The third-order valence-corrected chi connectivity index (χ3v) is 2.05. The van der Waals surface area contributed by atoms with E-state index in [2.05, 4.69) is 0 Å². The molecule has 0 aliphatic heterocycles. The predicted octanol–water partition coefficient (Wildman–Crippen LogP) is 1.92. The summed E-state index contributed by atoms with van der Waals surface area (Å²) >= 11 is 0. The number of carbonyl (C=O) groups is 1. The van der Waals surface area contributed by atoms with Crippen molar-refractivity contribution in [2.45, 2.75) is 19.8 Å². The molecule has 0 unspecified atom stereocenters. The topological polar surface area (TPSA) is 80.4 Å². The van der Waals surface area contributed by atoms with Crippen LogP contribution in [0.15, 0.2) is 18.2 Å². The molecule has 0 aliphatic rings. The Bertz CT molecular complexity index is 400. The lowest BCUT2D eigenvalue weighted by atomic mass is 10.1. The first-order chi connectivity index (χ1) is 7.00. The second-order valence-corrected chi connectivity index (χ2v) is 3.28. The van der Waals surface area contributed by atoms with Crippen molar-refractivity contribution in [3.63, 3.8) is 0 Å². The van der Waals surface area contributed by atoms with Gasteiger partial charge in [-0.15, -0.1) is 0 Å². The maximum absolute atomic E-state index is 10.7. The number of aryl methyl sites for hydroxylation is 2. The van der Waals surface area contributed by atoms with Crippen LogP contribution in [0.25, 0.3) is 0 Å². The number of hydrogen-bond acceptors (Lipinski definition) is 3. The highest BCUT2D eigenvalue weighted by molar-refractivity contribution is 5.67. The van der Waals surface area contributed by atoms with Crippen LogP contribution in [-0.4, -0.2) is 16.0 Å². The first-order valence-corrected chi connectivity index (χ1v) is 4.46. The monoisotopic (exact) mass is 209 g/mol. The van der Waals surface area contributed by atoms with Crippen molar-refractivity contribution in [1.82, 2.24) is 0 Å². The van der Waals surface area contributed by atoms with E-state index in [1.807, 2.05) is 0 Å². The number of nitro groups is 1. The van der Waals surface area contributed by atoms with Crippen LogP contribution in [-0.2, 0) is 11.2 Å². The van der Waals surface area contributed by atoms with Gasteiger partial charge in [-0.2, -0.15) is 0 Å². The number of carboxylic acid groups (broad SMARTS) is 1. The van der Waals surface area contributed by atoms with Gasteiger partial charge in [0, 0.05) is 18.1 Å². The average molecular weight is 209 g/mol. The van der Waals surface area contributed by atoms with E-state index in [0.717, 1.165) is 5.56 Å². The Kier molecular flexibility index (Phi) is 3.38.